The van der Waals surface area contributed by atoms with Crippen LogP contribution in [0.1, 0.15) is 57.4 Å². The summed E-state index contributed by atoms with van der Waals surface area (Å²) in [6.07, 6.45) is 2.89. The first-order chi connectivity index (χ1) is 13.2. The number of fused-ring (bicyclic) bond motifs is 3. The molecule has 3 heterocycles. The van der Waals surface area contributed by atoms with Crippen molar-refractivity contribution in [3.05, 3.63) is 59.4 Å². The van der Waals surface area contributed by atoms with Crippen LogP contribution >= 0.6 is 0 Å². The second-order valence-corrected chi connectivity index (χ2v) is 9.26. The summed E-state index contributed by atoms with van der Waals surface area (Å²) in [6.45, 7) is 13.2. The lowest BCUT2D eigenvalue weighted by Gasteiger charge is -2.16. The average molecular weight is 373 g/mol. The van der Waals surface area contributed by atoms with Gasteiger partial charge in [-0.2, -0.15) is 0 Å². The third-order valence-corrected chi connectivity index (χ3v) is 5.19. The van der Waals surface area contributed by atoms with E-state index in [9.17, 15) is 0 Å². The Kier molecular flexibility index (Phi) is 4.49. The highest BCUT2D eigenvalue weighted by atomic mass is 16.3. The van der Waals surface area contributed by atoms with E-state index in [0.717, 1.165) is 45.3 Å². The van der Waals surface area contributed by atoms with E-state index in [0.29, 0.717) is 11.6 Å². The molecule has 1 aromatic carbocycles. The van der Waals surface area contributed by atoms with Crippen molar-refractivity contribution in [1.29, 1.82) is 0 Å². The van der Waals surface area contributed by atoms with Gasteiger partial charge in [-0.05, 0) is 54.0 Å². The molecule has 3 heteroatoms. The third-order valence-electron chi connectivity index (χ3n) is 5.19. The molecule has 0 saturated heterocycles. The highest BCUT2D eigenvalue weighted by Crippen LogP contribution is 2.37. The van der Waals surface area contributed by atoms with E-state index in [1.165, 1.54) is 5.56 Å². The first-order valence-corrected chi connectivity index (χ1v) is 10.0. The Bertz CT molecular complexity index is 1150. The predicted molar refractivity (Wildman–Crippen MR) is 117 cm³/mol. The van der Waals surface area contributed by atoms with Crippen molar-refractivity contribution >= 4 is 22.1 Å². The van der Waals surface area contributed by atoms with Gasteiger partial charge in [0, 0.05) is 28.2 Å². The van der Waals surface area contributed by atoms with Crippen molar-refractivity contribution in [1.82, 2.24) is 9.97 Å². The van der Waals surface area contributed by atoms with Crippen LogP contribution in [0.25, 0.3) is 33.3 Å². The minimum Gasteiger partial charge on any atom is -0.437 e. The van der Waals surface area contributed by atoms with Gasteiger partial charge in [-0.25, -0.2) is 4.98 Å². The fourth-order valence-corrected chi connectivity index (χ4v) is 3.71. The Labute approximate surface area is 166 Å². The molecule has 144 valence electrons. The number of furan rings is 1. The Morgan fingerprint density at radius 3 is 2.36 bits per heavy atom. The minimum atomic E-state index is 0.191. The van der Waals surface area contributed by atoms with Gasteiger partial charge in [0.15, 0.2) is 0 Å². The van der Waals surface area contributed by atoms with Crippen molar-refractivity contribution in [3.8, 4) is 11.3 Å². The largest absolute Gasteiger partial charge is 0.437 e. The molecule has 0 spiro atoms. The van der Waals surface area contributed by atoms with E-state index in [1.54, 1.807) is 0 Å². The zero-order chi connectivity index (χ0) is 20.1. The molecule has 0 radical (unpaired) electrons. The molecule has 28 heavy (non-hydrogen) atoms. The van der Waals surface area contributed by atoms with Gasteiger partial charge in [-0.1, -0.05) is 52.8 Å². The maximum atomic E-state index is 6.30. The zero-order valence-electron chi connectivity index (χ0n) is 17.6. The standard InChI is InChI=1S/C25H28N2O/c1-15(2)17-8-12-21(26-14-17)22-16(3)7-10-19-20-11-9-18(13-25(4,5)6)27-24(20)28-23(19)22/h7-12,14-15H,13H2,1-6H3. The maximum absolute atomic E-state index is 6.30. The second kappa shape index (κ2) is 6.73. The second-order valence-electron chi connectivity index (χ2n) is 9.26. The summed E-state index contributed by atoms with van der Waals surface area (Å²) in [5.74, 6) is 0.468. The Morgan fingerprint density at radius 2 is 1.71 bits per heavy atom. The van der Waals surface area contributed by atoms with E-state index in [1.807, 2.05) is 6.20 Å². The first kappa shape index (κ1) is 18.7. The highest BCUT2D eigenvalue weighted by molar-refractivity contribution is 6.08. The van der Waals surface area contributed by atoms with Gasteiger partial charge < -0.3 is 4.42 Å². The van der Waals surface area contributed by atoms with Crippen molar-refractivity contribution in [3.63, 3.8) is 0 Å². The van der Waals surface area contributed by atoms with Crippen molar-refractivity contribution in [2.75, 3.05) is 0 Å². The summed E-state index contributed by atoms with van der Waals surface area (Å²) < 4.78 is 6.30. The number of benzene rings is 1. The van der Waals surface area contributed by atoms with Gasteiger partial charge in [0.25, 0.3) is 0 Å². The topological polar surface area (TPSA) is 38.9 Å². The van der Waals surface area contributed by atoms with Gasteiger partial charge in [0.2, 0.25) is 5.71 Å². The summed E-state index contributed by atoms with van der Waals surface area (Å²) in [5.41, 5.74) is 7.25. The van der Waals surface area contributed by atoms with Gasteiger partial charge in [0.05, 0.1) is 5.69 Å². The molecule has 4 aromatic rings. The number of pyridine rings is 2. The van der Waals surface area contributed by atoms with Gasteiger partial charge in [-0.3, -0.25) is 4.98 Å². The molecule has 0 saturated carbocycles. The number of aromatic nitrogens is 2. The number of hydrogen-bond donors (Lipinski definition) is 0. The summed E-state index contributed by atoms with van der Waals surface area (Å²) >= 11 is 0. The van der Waals surface area contributed by atoms with E-state index < -0.39 is 0 Å². The Hall–Kier alpha value is -2.68. The molecule has 3 aromatic heterocycles. The minimum absolute atomic E-state index is 0.191. The van der Waals surface area contributed by atoms with E-state index >= 15 is 0 Å². The van der Waals surface area contributed by atoms with E-state index in [-0.39, 0.29) is 5.41 Å². The number of hydrogen-bond acceptors (Lipinski definition) is 3. The smallest absolute Gasteiger partial charge is 0.227 e. The molecular formula is C25H28N2O. The lowest BCUT2D eigenvalue weighted by molar-refractivity contribution is 0.406. The molecule has 0 amide bonds. The lowest BCUT2D eigenvalue weighted by atomic mass is 9.90. The van der Waals surface area contributed by atoms with Crippen molar-refractivity contribution in [2.24, 2.45) is 5.41 Å². The summed E-state index contributed by atoms with van der Waals surface area (Å²) in [7, 11) is 0. The van der Waals surface area contributed by atoms with Crippen LogP contribution in [0.4, 0.5) is 0 Å². The maximum Gasteiger partial charge on any atom is 0.227 e. The predicted octanol–water partition coefficient (Wildman–Crippen LogP) is 7.06. The van der Waals surface area contributed by atoms with Crippen LogP contribution in [0.5, 0.6) is 0 Å². The molecule has 0 atom stereocenters. The zero-order valence-corrected chi connectivity index (χ0v) is 17.6. The monoisotopic (exact) mass is 372 g/mol. The van der Waals surface area contributed by atoms with Crippen LogP contribution in [-0.2, 0) is 6.42 Å². The molecule has 0 fully saturated rings. The molecule has 4 rings (SSSR count). The molecule has 0 aliphatic carbocycles. The quantitative estimate of drug-likeness (QED) is 0.386. The number of aryl methyl sites for hydroxylation is 1. The van der Waals surface area contributed by atoms with Crippen LogP contribution in [0.15, 0.2) is 47.0 Å². The fraction of sp³-hybridized carbons (Fsp3) is 0.360. The molecule has 0 N–H and O–H groups in total. The molecular weight excluding hydrogens is 344 g/mol. The lowest BCUT2D eigenvalue weighted by Crippen LogP contribution is -2.10. The summed E-state index contributed by atoms with van der Waals surface area (Å²) in [4.78, 5) is 9.55. The Morgan fingerprint density at radius 1 is 0.964 bits per heavy atom. The Balaban J connectivity index is 1.89. The van der Waals surface area contributed by atoms with Gasteiger partial charge >= 0.3 is 0 Å². The van der Waals surface area contributed by atoms with Gasteiger partial charge in [0.1, 0.15) is 5.58 Å². The normalized spacial score (nSPS) is 12.4. The van der Waals surface area contributed by atoms with E-state index in [4.69, 9.17) is 14.4 Å². The molecule has 0 unspecified atom stereocenters. The molecule has 0 aliphatic heterocycles. The average Bonchev–Trinajstić information content (AvgIpc) is 2.97. The first-order valence-electron chi connectivity index (χ1n) is 10.0. The fourth-order valence-electron chi connectivity index (χ4n) is 3.71. The van der Waals surface area contributed by atoms with Crippen molar-refractivity contribution in [2.45, 2.75) is 53.9 Å². The van der Waals surface area contributed by atoms with Crippen LogP contribution in [-0.4, -0.2) is 9.97 Å². The summed E-state index contributed by atoms with van der Waals surface area (Å²) in [5, 5.41) is 2.16. The van der Waals surface area contributed by atoms with Crippen LogP contribution in [0.3, 0.4) is 0 Å². The van der Waals surface area contributed by atoms with Crippen LogP contribution in [0.2, 0.25) is 0 Å². The molecule has 3 nitrogen and oxygen atoms in total. The van der Waals surface area contributed by atoms with Gasteiger partial charge in [-0.15, -0.1) is 0 Å². The number of rotatable bonds is 3. The molecule has 0 bridgehead atoms. The number of nitrogens with zero attached hydrogens (tertiary/aromatic N) is 2. The van der Waals surface area contributed by atoms with Crippen LogP contribution in [0, 0.1) is 12.3 Å². The van der Waals surface area contributed by atoms with Crippen LogP contribution < -0.4 is 0 Å². The SMILES string of the molecule is Cc1ccc2c(oc3nc(CC(C)(C)C)ccc32)c1-c1ccc(C(C)C)cn1. The third kappa shape index (κ3) is 3.42. The summed E-state index contributed by atoms with van der Waals surface area (Å²) in [6, 6.07) is 12.8. The van der Waals surface area contributed by atoms with Crippen molar-refractivity contribution < 1.29 is 4.42 Å². The molecule has 0 aliphatic rings. The highest BCUT2D eigenvalue weighted by Gasteiger charge is 2.18. The van der Waals surface area contributed by atoms with E-state index in [2.05, 4.69) is 77.9 Å².